The van der Waals surface area contributed by atoms with Crippen LogP contribution in [0.15, 0.2) is 18.2 Å². The van der Waals surface area contributed by atoms with Crippen LogP contribution in [0.4, 0.5) is 11.4 Å². The van der Waals surface area contributed by atoms with E-state index in [1.165, 1.54) is 0 Å². The molecule has 1 amide bonds. The van der Waals surface area contributed by atoms with Gasteiger partial charge in [-0.1, -0.05) is 11.6 Å². The van der Waals surface area contributed by atoms with E-state index in [4.69, 9.17) is 17.3 Å². The predicted octanol–water partition coefficient (Wildman–Crippen LogP) is 2.47. The van der Waals surface area contributed by atoms with Crippen molar-refractivity contribution in [3.63, 3.8) is 0 Å². The maximum atomic E-state index is 12.1. The molecule has 19 heavy (non-hydrogen) atoms. The van der Waals surface area contributed by atoms with E-state index in [9.17, 15) is 4.79 Å². The molecule has 0 aromatic heterocycles. The molecule has 0 aliphatic heterocycles. The van der Waals surface area contributed by atoms with Crippen LogP contribution in [0.3, 0.4) is 0 Å². The lowest BCUT2D eigenvalue weighted by Crippen LogP contribution is -2.23. The summed E-state index contributed by atoms with van der Waals surface area (Å²) in [6, 6.07) is 5.71. The van der Waals surface area contributed by atoms with Gasteiger partial charge in [0.1, 0.15) is 0 Å². The summed E-state index contributed by atoms with van der Waals surface area (Å²) >= 11 is 6.18. The molecule has 1 aliphatic carbocycles. The maximum Gasteiger partial charge on any atom is 0.227 e. The topological polar surface area (TPSA) is 58.4 Å². The Hall–Kier alpha value is -1.26. The molecule has 1 fully saturated rings. The number of benzene rings is 1. The van der Waals surface area contributed by atoms with E-state index >= 15 is 0 Å². The molecule has 1 aromatic rings. The Morgan fingerprint density at radius 1 is 1.42 bits per heavy atom. The largest absolute Gasteiger partial charge is 0.376 e. The third-order valence-electron chi connectivity index (χ3n) is 3.54. The lowest BCUT2D eigenvalue weighted by molar-refractivity contribution is -0.119. The molecular formula is C14H20ClN3O. The number of amides is 1. The number of nitrogens with zero attached hydrogens (tertiary/aromatic N) is 1. The molecule has 104 valence electrons. The zero-order valence-electron chi connectivity index (χ0n) is 11.3. The Kier molecular flexibility index (Phi) is 4.32. The standard InChI is InChI=1S/C14H20ClN3O/c1-18(2)13-6-5-11(8-12(13)15)17-14(19)9-3-4-10(16)7-9/h5-6,8-10H,3-4,7,16H2,1-2H3,(H,17,19). The van der Waals surface area contributed by atoms with E-state index in [0.29, 0.717) is 5.02 Å². The second kappa shape index (κ2) is 5.80. The van der Waals surface area contributed by atoms with Crippen LogP contribution in [0.2, 0.25) is 5.02 Å². The summed E-state index contributed by atoms with van der Waals surface area (Å²) in [5, 5.41) is 3.54. The number of anilines is 2. The second-order valence-electron chi connectivity index (χ2n) is 5.32. The molecule has 1 saturated carbocycles. The Morgan fingerprint density at radius 2 is 2.16 bits per heavy atom. The van der Waals surface area contributed by atoms with E-state index in [2.05, 4.69) is 5.32 Å². The molecule has 3 N–H and O–H groups in total. The van der Waals surface area contributed by atoms with Crippen molar-refractivity contribution in [3.8, 4) is 0 Å². The smallest absolute Gasteiger partial charge is 0.227 e. The van der Waals surface area contributed by atoms with Gasteiger partial charge < -0.3 is 16.0 Å². The number of nitrogens with one attached hydrogen (secondary N) is 1. The third-order valence-corrected chi connectivity index (χ3v) is 3.84. The first-order valence-corrected chi connectivity index (χ1v) is 6.88. The minimum Gasteiger partial charge on any atom is -0.376 e. The minimum absolute atomic E-state index is 0.0299. The number of rotatable bonds is 3. The van der Waals surface area contributed by atoms with Crippen molar-refractivity contribution in [2.45, 2.75) is 25.3 Å². The molecule has 2 atom stereocenters. The highest BCUT2D eigenvalue weighted by molar-refractivity contribution is 6.33. The van der Waals surface area contributed by atoms with Gasteiger partial charge in [-0.2, -0.15) is 0 Å². The number of carbonyl (C=O) groups is 1. The van der Waals surface area contributed by atoms with Gasteiger partial charge >= 0.3 is 0 Å². The van der Waals surface area contributed by atoms with Crippen LogP contribution < -0.4 is 16.0 Å². The first-order chi connectivity index (χ1) is 8.97. The molecule has 1 aliphatic rings. The molecule has 2 unspecified atom stereocenters. The van der Waals surface area contributed by atoms with Gasteiger partial charge in [0.25, 0.3) is 0 Å². The van der Waals surface area contributed by atoms with Crippen molar-refractivity contribution in [2.75, 3.05) is 24.3 Å². The quantitative estimate of drug-likeness (QED) is 0.895. The Morgan fingerprint density at radius 3 is 2.68 bits per heavy atom. The highest BCUT2D eigenvalue weighted by Crippen LogP contribution is 2.29. The van der Waals surface area contributed by atoms with Gasteiger partial charge in [-0.15, -0.1) is 0 Å². The molecule has 5 heteroatoms. The van der Waals surface area contributed by atoms with Crippen molar-refractivity contribution in [1.29, 1.82) is 0 Å². The van der Waals surface area contributed by atoms with Crippen LogP contribution in [-0.4, -0.2) is 26.0 Å². The highest BCUT2D eigenvalue weighted by Gasteiger charge is 2.27. The van der Waals surface area contributed by atoms with Gasteiger partial charge in [-0.25, -0.2) is 0 Å². The van der Waals surface area contributed by atoms with Crippen molar-refractivity contribution in [1.82, 2.24) is 0 Å². The SMILES string of the molecule is CN(C)c1ccc(NC(=O)C2CCC(N)C2)cc1Cl. The number of halogens is 1. The summed E-state index contributed by atoms with van der Waals surface area (Å²) in [5.41, 5.74) is 7.50. The van der Waals surface area contributed by atoms with Gasteiger partial charge in [-0.3, -0.25) is 4.79 Å². The molecule has 0 radical (unpaired) electrons. The van der Waals surface area contributed by atoms with Crippen LogP contribution >= 0.6 is 11.6 Å². The zero-order valence-corrected chi connectivity index (χ0v) is 12.1. The monoisotopic (exact) mass is 281 g/mol. The summed E-state index contributed by atoms with van der Waals surface area (Å²) in [4.78, 5) is 14.0. The first kappa shape index (κ1) is 14.2. The van der Waals surface area contributed by atoms with Crippen LogP contribution in [-0.2, 0) is 4.79 Å². The molecule has 0 bridgehead atoms. The minimum atomic E-state index is 0.0299. The average Bonchev–Trinajstić information content (AvgIpc) is 2.75. The molecule has 0 spiro atoms. The summed E-state index contributed by atoms with van der Waals surface area (Å²) < 4.78 is 0. The molecular weight excluding hydrogens is 262 g/mol. The van der Waals surface area contributed by atoms with Gasteiger partial charge in [0.05, 0.1) is 10.7 Å². The molecule has 0 heterocycles. The predicted molar refractivity (Wildman–Crippen MR) is 79.7 cm³/mol. The fraction of sp³-hybridized carbons (Fsp3) is 0.500. The Labute approximate surface area is 118 Å². The van der Waals surface area contributed by atoms with Gasteiger partial charge in [0.2, 0.25) is 5.91 Å². The fourth-order valence-corrected chi connectivity index (χ4v) is 2.80. The van der Waals surface area contributed by atoms with E-state index in [1.807, 2.05) is 31.1 Å². The second-order valence-corrected chi connectivity index (χ2v) is 5.73. The van der Waals surface area contributed by atoms with Crippen LogP contribution in [0.25, 0.3) is 0 Å². The lowest BCUT2D eigenvalue weighted by Gasteiger charge is -2.16. The number of hydrogen-bond donors (Lipinski definition) is 2. The van der Waals surface area contributed by atoms with E-state index < -0.39 is 0 Å². The van der Waals surface area contributed by atoms with E-state index in [-0.39, 0.29) is 17.9 Å². The van der Waals surface area contributed by atoms with Gasteiger partial charge in [0.15, 0.2) is 0 Å². The zero-order chi connectivity index (χ0) is 14.0. The average molecular weight is 282 g/mol. The number of carbonyl (C=O) groups excluding carboxylic acids is 1. The normalized spacial score (nSPS) is 22.3. The molecule has 2 rings (SSSR count). The maximum absolute atomic E-state index is 12.1. The fourth-order valence-electron chi connectivity index (χ4n) is 2.45. The van der Waals surface area contributed by atoms with Crippen LogP contribution in [0, 0.1) is 5.92 Å². The summed E-state index contributed by atoms with van der Waals surface area (Å²) in [6.45, 7) is 0. The van der Waals surface area contributed by atoms with Gasteiger partial charge in [0, 0.05) is 31.7 Å². The van der Waals surface area contributed by atoms with Gasteiger partial charge in [-0.05, 0) is 37.5 Å². The summed E-state index contributed by atoms with van der Waals surface area (Å²) in [6.07, 6.45) is 2.57. The Balaban J connectivity index is 2.03. The third kappa shape index (κ3) is 3.39. The summed E-state index contributed by atoms with van der Waals surface area (Å²) in [5.74, 6) is 0.0731. The van der Waals surface area contributed by atoms with Crippen LogP contribution in [0.1, 0.15) is 19.3 Å². The van der Waals surface area contributed by atoms with Crippen molar-refractivity contribution in [2.24, 2.45) is 11.7 Å². The summed E-state index contributed by atoms with van der Waals surface area (Å²) in [7, 11) is 3.86. The molecule has 1 aromatic carbocycles. The van der Waals surface area contributed by atoms with Crippen LogP contribution in [0.5, 0.6) is 0 Å². The molecule has 4 nitrogen and oxygen atoms in total. The van der Waals surface area contributed by atoms with Crippen molar-refractivity contribution in [3.05, 3.63) is 23.2 Å². The van der Waals surface area contributed by atoms with E-state index in [1.54, 1.807) is 6.07 Å². The van der Waals surface area contributed by atoms with E-state index in [0.717, 1.165) is 30.6 Å². The first-order valence-electron chi connectivity index (χ1n) is 6.50. The number of hydrogen-bond acceptors (Lipinski definition) is 3. The van der Waals surface area contributed by atoms with Crippen molar-refractivity contribution >= 4 is 28.9 Å². The highest BCUT2D eigenvalue weighted by atomic mass is 35.5. The number of nitrogens with two attached hydrogens (primary N) is 1. The Bertz CT molecular complexity index is 476. The lowest BCUT2D eigenvalue weighted by atomic mass is 10.1. The molecule has 0 saturated heterocycles. The van der Waals surface area contributed by atoms with Crippen molar-refractivity contribution < 1.29 is 4.79 Å².